The van der Waals surface area contributed by atoms with E-state index in [1.165, 1.54) is 24.8 Å². The molecule has 104 valence electrons. The van der Waals surface area contributed by atoms with Crippen molar-refractivity contribution in [3.05, 3.63) is 29.8 Å². The number of ether oxygens (including phenoxy) is 1. The lowest BCUT2D eigenvalue weighted by Crippen LogP contribution is -2.45. The Hall–Kier alpha value is -0.730. The molecule has 0 amide bonds. The average Bonchev–Trinajstić information content (AvgIpc) is 2.76. The lowest BCUT2D eigenvalue weighted by Gasteiger charge is -2.38. The summed E-state index contributed by atoms with van der Waals surface area (Å²) in [4.78, 5) is 2.60. The molecule has 1 saturated carbocycles. The summed E-state index contributed by atoms with van der Waals surface area (Å²) < 4.78 is 6.06. The number of benzene rings is 1. The van der Waals surface area contributed by atoms with E-state index in [2.05, 4.69) is 29.2 Å². The molecular weight excluding hydrogens is 258 g/mol. The molecule has 3 rings (SSSR count). The second-order valence-corrected chi connectivity index (χ2v) is 6.05. The normalized spacial score (nSPS) is 22.1. The zero-order valence-electron chi connectivity index (χ0n) is 11.4. The fourth-order valence-electron chi connectivity index (χ4n) is 3.05. The summed E-state index contributed by atoms with van der Waals surface area (Å²) in [5.74, 6) is 1.84. The van der Waals surface area contributed by atoms with Gasteiger partial charge in [-0.2, -0.15) is 0 Å². The van der Waals surface area contributed by atoms with E-state index in [0.717, 1.165) is 43.6 Å². The molecular formula is C16H22ClNO. The molecule has 1 aromatic rings. The van der Waals surface area contributed by atoms with Crippen molar-refractivity contribution in [3.63, 3.8) is 0 Å². The molecule has 1 aliphatic heterocycles. The van der Waals surface area contributed by atoms with Gasteiger partial charge in [-0.05, 0) is 37.4 Å². The molecule has 0 spiro atoms. The van der Waals surface area contributed by atoms with Crippen LogP contribution in [0.2, 0.25) is 0 Å². The molecule has 2 nitrogen and oxygen atoms in total. The number of para-hydroxylation sites is 1. The minimum absolute atomic E-state index is 0.327. The van der Waals surface area contributed by atoms with E-state index >= 15 is 0 Å². The standard InChI is InChI=1S/C16H22ClNO/c17-9-4-10-18(14-6-3-7-14)12-15-11-13-5-1-2-8-16(13)19-15/h1-2,5,8,14-15H,3-4,6-7,9-12H2. The van der Waals surface area contributed by atoms with Crippen LogP contribution in [0.4, 0.5) is 0 Å². The lowest BCUT2D eigenvalue weighted by atomic mass is 9.91. The van der Waals surface area contributed by atoms with Gasteiger partial charge in [0, 0.05) is 24.9 Å². The molecule has 0 radical (unpaired) electrons. The van der Waals surface area contributed by atoms with Crippen molar-refractivity contribution in [2.45, 2.75) is 44.2 Å². The summed E-state index contributed by atoms with van der Waals surface area (Å²) >= 11 is 5.84. The second-order valence-electron chi connectivity index (χ2n) is 5.67. The van der Waals surface area contributed by atoms with Crippen LogP contribution in [-0.4, -0.2) is 36.0 Å². The first-order chi connectivity index (χ1) is 9.36. The Kier molecular flexibility index (Phi) is 4.29. The summed E-state index contributed by atoms with van der Waals surface area (Å²) in [5.41, 5.74) is 1.36. The molecule has 3 heteroatoms. The van der Waals surface area contributed by atoms with E-state index in [0.29, 0.717) is 6.10 Å². The van der Waals surface area contributed by atoms with Gasteiger partial charge >= 0.3 is 0 Å². The number of alkyl halides is 1. The smallest absolute Gasteiger partial charge is 0.123 e. The molecule has 1 unspecified atom stereocenters. The van der Waals surface area contributed by atoms with Gasteiger partial charge in [0.15, 0.2) is 0 Å². The van der Waals surface area contributed by atoms with Crippen molar-refractivity contribution >= 4 is 11.6 Å². The third-order valence-corrected chi connectivity index (χ3v) is 4.59. The van der Waals surface area contributed by atoms with Gasteiger partial charge in [-0.1, -0.05) is 24.6 Å². The highest BCUT2D eigenvalue weighted by Gasteiger charge is 2.30. The van der Waals surface area contributed by atoms with Crippen molar-refractivity contribution in [1.82, 2.24) is 4.90 Å². The molecule has 2 aliphatic rings. The number of rotatable bonds is 6. The first kappa shape index (κ1) is 13.3. The molecule has 1 atom stereocenters. The zero-order chi connectivity index (χ0) is 13.1. The molecule has 1 heterocycles. The van der Waals surface area contributed by atoms with Gasteiger partial charge in [0.05, 0.1) is 0 Å². The fraction of sp³-hybridized carbons (Fsp3) is 0.625. The maximum Gasteiger partial charge on any atom is 0.123 e. The Labute approximate surface area is 120 Å². The van der Waals surface area contributed by atoms with Gasteiger partial charge in [-0.25, -0.2) is 0 Å². The average molecular weight is 280 g/mol. The Bertz CT molecular complexity index is 394. The largest absolute Gasteiger partial charge is 0.488 e. The summed E-state index contributed by atoms with van der Waals surface area (Å²) in [7, 11) is 0. The van der Waals surface area contributed by atoms with Crippen LogP contribution in [0.15, 0.2) is 24.3 Å². The van der Waals surface area contributed by atoms with E-state index in [9.17, 15) is 0 Å². The number of fused-ring (bicyclic) bond motifs is 1. The summed E-state index contributed by atoms with van der Waals surface area (Å²) in [6, 6.07) is 9.19. The summed E-state index contributed by atoms with van der Waals surface area (Å²) in [6.45, 7) is 2.17. The minimum Gasteiger partial charge on any atom is -0.488 e. The van der Waals surface area contributed by atoms with E-state index in [1.54, 1.807) is 0 Å². The highest BCUT2D eigenvalue weighted by molar-refractivity contribution is 6.17. The number of hydrogen-bond donors (Lipinski definition) is 0. The van der Waals surface area contributed by atoms with Crippen LogP contribution < -0.4 is 4.74 Å². The van der Waals surface area contributed by atoms with Crippen LogP contribution in [0.25, 0.3) is 0 Å². The SMILES string of the molecule is ClCCCN(CC1Cc2ccccc2O1)C1CCC1. The van der Waals surface area contributed by atoms with Crippen molar-refractivity contribution < 1.29 is 4.74 Å². The third kappa shape index (κ3) is 3.06. The molecule has 0 aromatic heterocycles. The summed E-state index contributed by atoms with van der Waals surface area (Å²) in [6.07, 6.45) is 6.55. The number of nitrogens with zero attached hydrogens (tertiary/aromatic N) is 1. The van der Waals surface area contributed by atoms with Crippen LogP contribution in [0.5, 0.6) is 5.75 Å². The number of hydrogen-bond acceptors (Lipinski definition) is 2. The Morgan fingerprint density at radius 2 is 2.11 bits per heavy atom. The first-order valence-electron chi connectivity index (χ1n) is 7.41. The van der Waals surface area contributed by atoms with Crippen molar-refractivity contribution in [2.75, 3.05) is 19.0 Å². The topological polar surface area (TPSA) is 12.5 Å². The highest BCUT2D eigenvalue weighted by atomic mass is 35.5. The van der Waals surface area contributed by atoms with E-state index in [4.69, 9.17) is 16.3 Å². The molecule has 1 aromatic carbocycles. The van der Waals surface area contributed by atoms with Gasteiger partial charge in [0.2, 0.25) is 0 Å². The number of halogens is 1. The maximum atomic E-state index is 6.06. The van der Waals surface area contributed by atoms with Crippen LogP contribution >= 0.6 is 11.6 Å². The lowest BCUT2D eigenvalue weighted by molar-refractivity contribution is 0.0787. The van der Waals surface area contributed by atoms with Crippen LogP contribution in [0.3, 0.4) is 0 Å². The van der Waals surface area contributed by atoms with Crippen molar-refractivity contribution in [2.24, 2.45) is 0 Å². The molecule has 1 fully saturated rings. The quantitative estimate of drug-likeness (QED) is 0.740. The highest BCUT2D eigenvalue weighted by Crippen LogP contribution is 2.31. The van der Waals surface area contributed by atoms with Crippen LogP contribution in [-0.2, 0) is 6.42 Å². The third-order valence-electron chi connectivity index (χ3n) is 4.32. The second kappa shape index (κ2) is 6.15. The zero-order valence-corrected chi connectivity index (χ0v) is 12.1. The van der Waals surface area contributed by atoms with Gasteiger partial charge in [-0.3, -0.25) is 4.90 Å². The molecule has 0 saturated heterocycles. The van der Waals surface area contributed by atoms with Gasteiger partial charge < -0.3 is 4.74 Å². The van der Waals surface area contributed by atoms with Crippen LogP contribution in [0, 0.1) is 0 Å². The Morgan fingerprint density at radius 1 is 1.26 bits per heavy atom. The molecule has 19 heavy (non-hydrogen) atoms. The van der Waals surface area contributed by atoms with Crippen LogP contribution in [0.1, 0.15) is 31.2 Å². The summed E-state index contributed by atoms with van der Waals surface area (Å²) in [5, 5.41) is 0. The van der Waals surface area contributed by atoms with Gasteiger partial charge in [-0.15, -0.1) is 11.6 Å². The van der Waals surface area contributed by atoms with Gasteiger partial charge in [0.25, 0.3) is 0 Å². The van der Waals surface area contributed by atoms with E-state index in [-0.39, 0.29) is 0 Å². The predicted molar refractivity (Wildman–Crippen MR) is 79.1 cm³/mol. The first-order valence-corrected chi connectivity index (χ1v) is 7.95. The van der Waals surface area contributed by atoms with Gasteiger partial charge in [0.1, 0.15) is 11.9 Å². The van der Waals surface area contributed by atoms with E-state index < -0.39 is 0 Å². The van der Waals surface area contributed by atoms with Crippen molar-refractivity contribution in [1.29, 1.82) is 0 Å². The fourth-order valence-corrected chi connectivity index (χ4v) is 3.17. The predicted octanol–water partition coefficient (Wildman–Crippen LogP) is 3.47. The maximum absolute atomic E-state index is 6.06. The van der Waals surface area contributed by atoms with Crippen molar-refractivity contribution in [3.8, 4) is 5.75 Å². The van der Waals surface area contributed by atoms with E-state index in [1.807, 2.05) is 0 Å². The Morgan fingerprint density at radius 3 is 2.79 bits per heavy atom. The monoisotopic (exact) mass is 279 g/mol. The molecule has 0 bridgehead atoms. The minimum atomic E-state index is 0.327. The molecule has 0 N–H and O–H groups in total. The Balaban J connectivity index is 1.57. The molecule has 1 aliphatic carbocycles.